The highest BCUT2D eigenvalue weighted by atomic mass is 19.4. The van der Waals surface area contributed by atoms with Crippen molar-refractivity contribution in [2.24, 2.45) is 11.7 Å². The number of nitrogens with two attached hydrogens (primary N) is 1. The maximum atomic E-state index is 12.6. The van der Waals surface area contributed by atoms with E-state index in [1.54, 1.807) is 13.0 Å². The molecule has 0 aromatic heterocycles. The van der Waals surface area contributed by atoms with Crippen molar-refractivity contribution in [3.63, 3.8) is 0 Å². The van der Waals surface area contributed by atoms with Gasteiger partial charge < -0.3 is 10.8 Å². The zero-order valence-electron chi connectivity index (χ0n) is 11.4. The Kier molecular flexibility index (Phi) is 4.81. The van der Waals surface area contributed by atoms with Crippen molar-refractivity contribution in [1.82, 2.24) is 0 Å². The van der Waals surface area contributed by atoms with Crippen molar-refractivity contribution in [3.05, 3.63) is 35.4 Å². The van der Waals surface area contributed by atoms with Crippen molar-refractivity contribution < 1.29 is 23.1 Å². The molecule has 2 unspecified atom stereocenters. The van der Waals surface area contributed by atoms with Crippen LogP contribution in [0.1, 0.15) is 31.4 Å². The quantitative estimate of drug-likeness (QED) is 0.875. The number of carboxylic acids is 1. The van der Waals surface area contributed by atoms with Crippen LogP contribution >= 0.6 is 0 Å². The van der Waals surface area contributed by atoms with Gasteiger partial charge in [-0.25, -0.2) is 0 Å². The molecule has 6 heteroatoms. The van der Waals surface area contributed by atoms with Crippen LogP contribution in [-0.2, 0) is 17.4 Å². The minimum absolute atomic E-state index is 0.135. The van der Waals surface area contributed by atoms with Gasteiger partial charge in [-0.05, 0) is 37.3 Å². The summed E-state index contributed by atoms with van der Waals surface area (Å²) >= 11 is 0. The van der Waals surface area contributed by atoms with Gasteiger partial charge in [-0.2, -0.15) is 13.2 Å². The number of alkyl halides is 3. The van der Waals surface area contributed by atoms with Crippen LogP contribution in [0, 0.1) is 5.92 Å². The Bertz CT molecular complexity index is 484. The Hall–Kier alpha value is -1.56. The van der Waals surface area contributed by atoms with Crippen LogP contribution in [0.2, 0.25) is 0 Å². The monoisotopic (exact) mass is 289 g/mol. The molecule has 2 atom stereocenters. The highest BCUT2D eigenvalue weighted by Crippen LogP contribution is 2.30. The van der Waals surface area contributed by atoms with Crippen LogP contribution in [0.3, 0.4) is 0 Å². The van der Waals surface area contributed by atoms with E-state index in [1.807, 2.05) is 0 Å². The molecule has 0 heterocycles. The first-order chi connectivity index (χ1) is 9.02. The molecule has 3 nitrogen and oxygen atoms in total. The van der Waals surface area contributed by atoms with Gasteiger partial charge in [-0.1, -0.05) is 25.1 Å². The van der Waals surface area contributed by atoms with E-state index in [2.05, 4.69) is 0 Å². The number of hydrogen-bond donors (Lipinski definition) is 2. The van der Waals surface area contributed by atoms with Crippen molar-refractivity contribution in [3.8, 4) is 0 Å². The van der Waals surface area contributed by atoms with Crippen molar-refractivity contribution in [2.45, 2.75) is 38.4 Å². The van der Waals surface area contributed by atoms with E-state index in [0.717, 1.165) is 12.1 Å². The Morgan fingerprint density at radius 1 is 1.40 bits per heavy atom. The number of halogens is 3. The van der Waals surface area contributed by atoms with Crippen molar-refractivity contribution in [1.29, 1.82) is 0 Å². The molecule has 0 fully saturated rings. The van der Waals surface area contributed by atoms with Crippen LogP contribution in [-0.4, -0.2) is 16.6 Å². The van der Waals surface area contributed by atoms with E-state index >= 15 is 0 Å². The van der Waals surface area contributed by atoms with Crippen molar-refractivity contribution in [2.75, 3.05) is 0 Å². The molecule has 0 amide bonds. The lowest BCUT2D eigenvalue weighted by molar-refractivity contribution is -0.143. The molecule has 0 bridgehead atoms. The molecule has 0 spiro atoms. The zero-order chi connectivity index (χ0) is 15.6. The Morgan fingerprint density at radius 2 is 2.00 bits per heavy atom. The van der Waals surface area contributed by atoms with Gasteiger partial charge >= 0.3 is 12.1 Å². The highest BCUT2D eigenvalue weighted by Gasteiger charge is 2.32. The Balaban J connectivity index is 2.77. The lowest BCUT2D eigenvalue weighted by Gasteiger charge is -2.23. The summed E-state index contributed by atoms with van der Waals surface area (Å²) < 4.78 is 37.8. The number of rotatable bonds is 5. The summed E-state index contributed by atoms with van der Waals surface area (Å²) in [6.07, 6.45) is -3.83. The van der Waals surface area contributed by atoms with Gasteiger partial charge in [0.2, 0.25) is 0 Å². The van der Waals surface area contributed by atoms with E-state index in [9.17, 15) is 18.0 Å². The fourth-order valence-corrected chi connectivity index (χ4v) is 2.16. The third kappa shape index (κ3) is 4.52. The first-order valence-electron chi connectivity index (χ1n) is 6.21. The Labute approximate surface area is 115 Å². The van der Waals surface area contributed by atoms with Crippen LogP contribution < -0.4 is 5.73 Å². The molecule has 0 aliphatic carbocycles. The van der Waals surface area contributed by atoms with Crippen LogP contribution in [0.15, 0.2) is 24.3 Å². The largest absolute Gasteiger partial charge is 0.480 e. The molecular weight excluding hydrogens is 271 g/mol. The normalized spacial score (nSPS) is 16.5. The van der Waals surface area contributed by atoms with Crippen LogP contribution in [0.4, 0.5) is 13.2 Å². The molecule has 1 rings (SSSR count). The van der Waals surface area contributed by atoms with E-state index in [1.165, 1.54) is 13.0 Å². The molecule has 1 aromatic rings. The fourth-order valence-electron chi connectivity index (χ4n) is 2.16. The minimum atomic E-state index is -4.37. The predicted molar refractivity (Wildman–Crippen MR) is 69.2 cm³/mol. The van der Waals surface area contributed by atoms with E-state index in [-0.39, 0.29) is 12.3 Å². The third-order valence-corrected chi connectivity index (χ3v) is 3.10. The average Bonchev–Trinajstić information content (AvgIpc) is 2.26. The fraction of sp³-hybridized carbons (Fsp3) is 0.500. The van der Waals surface area contributed by atoms with Gasteiger partial charge in [0.25, 0.3) is 0 Å². The maximum Gasteiger partial charge on any atom is 0.416 e. The van der Waals surface area contributed by atoms with Gasteiger partial charge in [0.05, 0.1) is 5.56 Å². The molecule has 0 aliphatic rings. The summed E-state index contributed by atoms with van der Waals surface area (Å²) in [5.41, 5.74) is 4.08. The second-order valence-electron chi connectivity index (χ2n) is 5.43. The van der Waals surface area contributed by atoms with Crippen LogP contribution in [0.5, 0.6) is 0 Å². The van der Waals surface area contributed by atoms with Gasteiger partial charge in [0.1, 0.15) is 5.54 Å². The molecular formula is C14H18F3NO2. The molecule has 0 radical (unpaired) electrons. The standard InChI is InChI=1S/C14H18F3NO2/c1-9(8-13(2,18)12(19)20)6-10-4-3-5-11(7-10)14(15,16)17/h3-5,7,9H,6,8,18H2,1-2H3,(H,19,20). The van der Waals surface area contributed by atoms with Gasteiger partial charge in [0.15, 0.2) is 0 Å². The van der Waals surface area contributed by atoms with Crippen LogP contribution in [0.25, 0.3) is 0 Å². The van der Waals surface area contributed by atoms with Gasteiger partial charge in [0, 0.05) is 0 Å². The average molecular weight is 289 g/mol. The summed E-state index contributed by atoms with van der Waals surface area (Å²) in [5.74, 6) is -1.25. The predicted octanol–water partition coefficient (Wildman–Crippen LogP) is 3.08. The maximum absolute atomic E-state index is 12.6. The molecule has 3 N–H and O–H groups in total. The number of aliphatic carboxylic acids is 1. The highest BCUT2D eigenvalue weighted by molar-refractivity contribution is 5.77. The zero-order valence-corrected chi connectivity index (χ0v) is 11.4. The lowest BCUT2D eigenvalue weighted by atomic mass is 9.87. The summed E-state index contributed by atoms with van der Waals surface area (Å²) in [5, 5.41) is 8.93. The number of benzene rings is 1. The second kappa shape index (κ2) is 5.83. The topological polar surface area (TPSA) is 63.3 Å². The van der Waals surface area contributed by atoms with Gasteiger partial charge in [-0.3, -0.25) is 4.79 Å². The summed E-state index contributed by atoms with van der Waals surface area (Å²) in [6.45, 7) is 3.17. The summed E-state index contributed by atoms with van der Waals surface area (Å²) in [7, 11) is 0. The van der Waals surface area contributed by atoms with Crippen molar-refractivity contribution >= 4 is 5.97 Å². The molecule has 1 aromatic carbocycles. The smallest absolute Gasteiger partial charge is 0.416 e. The molecule has 0 saturated heterocycles. The van der Waals surface area contributed by atoms with Gasteiger partial charge in [-0.15, -0.1) is 0 Å². The molecule has 0 aliphatic heterocycles. The second-order valence-corrected chi connectivity index (χ2v) is 5.43. The lowest BCUT2D eigenvalue weighted by Crippen LogP contribution is -2.46. The number of hydrogen-bond acceptors (Lipinski definition) is 2. The number of carboxylic acid groups (broad SMARTS) is 1. The third-order valence-electron chi connectivity index (χ3n) is 3.10. The summed E-state index contributed by atoms with van der Waals surface area (Å²) in [4.78, 5) is 10.9. The van der Waals surface area contributed by atoms with E-state index < -0.39 is 23.2 Å². The molecule has 0 saturated carbocycles. The van der Waals surface area contributed by atoms with E-state index in [0.29, 0.717) is 12.0 Å². The van der Waals surface area contributed by atoms with E-state index in [4.69, 9.17) is 10.8 Å². The molecule has 20 heavy (non-hydrogen) atoms. The summed E-state index contributed by atoms with van der Waals surface area (Å²) in [6, 6.07) is 5.05. The Morgan fingerprint density at radius 3 is 2.50 bits per heavy atom. The first kappa shape index (κ1) is 16.5. The first-order valence-corrected chi connectivity index (χ1v) is 6.21. The molecule has 112 valence electrons. The minimum Gasteiger partial charge on any atom is -0.480 e. The number of carbonyl (C=O) groups is 1. The SMILES string of the molecule is CC(Cc1cccc(C(F)(F)F)c1)CC(C)(N)C(=O)O.